The van der Waals surface area contributed by atoms with E-state index in [4.69, 9.17) is 14.5 Å². The van der Waals surface area contributed by atoms with Crippen LogP contribution in [0.5, 0.6) is 0 Å². The van der Waals surface area contributed by atoms with Crippen molar-refractivity contribution >= 4 is 25.1 Å². The number of hydrogen-bond acceptors (Lipinski definition) is 8. The number of aromatic amines is 1. The fourth-order valence-electron chi connectivity index (χ4n) is 2.49. The third-order valence-corrected chi connectivity index (χ3v) is 4.15. The highest BCUT2D eigenvalue weighted by Crippen LogP contribution is 2.38. The molecule has 0 radical (unpaired) electrons. The van der Waals surface area contributed by atoms with Crippen molar-refractivity contribution in [3.05, 3.63) is 29.1 Å². The molecule has 25 heavy (non-hydrogen) atoms. The van der Waals surface area contributed by atoms with E-state index < -0.39 is 44.5 Å². The number of rotatable bonds is 5. The number of phosphoric acid groups is 1. The van der Waals surface area contributed by atoms with E-state index in [0.717, 1.165) is 0 Å². The summed E-state index contributed by atoms with van der Waals surface area (Å²) < 4.78 is 21.7. The van der Waals surface area contributed by atoms with Crippen molar-refractivity contribution in [2.45, 2.75) is 24.5 Å². The van der Waals surface area contributed by atoms with Crippen molar-refractivity contribution in [2.24, 2.45) is 0 Å². The minimum Gasteiger partial charge on any atom is -0.387 e. The second kappa shape index (κ2) is 6.42. The summed E-state index contributed by atoms with van der Waals surface area (Å²) in [5.74, 6) is 0.175. The highest BCUT2D eigenvalue weighted by atomic mass is 31.2. The van der Waals surface area contributed by atoms with Gasteiger partial charge in [-0.15, -0.1) is 0 Å². The van der Waals surface area contributed by atoms with Gasteiger partial charge in [-0.1, -0.05) is 6.58 Å². The Labute approximate surface area is 139 Å². The maximum Gasteiger partial charge on any atom is 0.469 e. The molecule has 13 heteroatoms. The SMILES string of the molecule is C=Cc1nc2c(ncn2[C@H]2O[C@@H](COP(=O)(O)O)[C@H](O)[C@@H]2O)c(=O)[nH]1. The van der Waals surface area contributed by atoms with Gasteiger partial charge in [-0.25, -0.2) is 14.5 Å². The van der Waals surface area contributed by atoms with Crippen LogP contribution in [0.2, 0.25) is 0 Å². The number of aromatic nitrogens is 4. The largest absolute Gasteiger partial charge is 0.469 e. The number of hydrogen-bond donors (Lipinski definition) is 5. The monoisotopic (exact) mass is 374 g/mol. The number of aliphatic hydroxyl groups excluding tert-OH is 2. The molecular weight excluding hydrogens is 359 g/mol. The zero-order valence-corrected chi connectivity index (χ0v) is 13.5. The standard InChI is InChI=1S/C12H15N4O8P/c1-2-6-14-10-7(11(19)15-6)13-4-16(10)12-9(18)8(17)5(24-12)3-23-25(20,21)22/h2,4-5,8-9,12,17-18H,1,3H2,(H,14,15,19)(H2,20,21,22)/t5-,8-,9-,12-/m0/s1. The summed E-state index contributed by atoms with van der Waals surface area (Å²) in [7, 11) is -4.76. The van der Waals surface area contributed by atoms with Gasteiger partial charge in [-0.2, -0.15) is 0 Å². The maximum atomic E-state index is 11.9. The molecule has 0 amide bonds. The van der Waals surface area contributed by atoms with E-state index >= 15 is 0 Å². The Morgan fingerprint density at radius 2 is 2.16 bits per heavy atom. The number of phosphoric ester groups is 1. The van der Waals surface area contributed by atoms with Crippen LogP contribution in [0, 0.1) is 0 Å². The second-order valence-corrected chi connectivity index (χ2v) is 6.55. The van der Waals surface area contributed by atoms with E-state index in [9.17, 15) is 19.6 Å². The summed E-state index contributed by atoms with van der Waals surface area (Å²) in [4.78, 5) is 39.9. The van der Waals surface area contributed by atoms with Gasteiger partial charge in [0, 0.05) is 0 Å². The highest BCUT2D eigenvalue weighted by molar-refractivity contribution is 7.46. The fraction of sp³-hybridized carbons (Fsp3) is 0.417. The van der Waals surface area contributed by atoms with Crippen molar-refractivity contribution < 1.29 is 33.8 Å². The summed E-state index contributed by atoms with van der Waals surface area (Å²) in [6, 6.07) is 0. The van der Waals surface area contributed by atoms with Gasteiger partial charge in [0.2, 0.25) is 0 Å². The molecule has 0 saturated carbocycles. The molecule has 4 atom stereocenters. The molecular formula is C12H15N4O8P. The lowest BCUT2D eigenvalue weighted by atomic mass is 10.1. The van der Waals surface area contributed by atoms with Crippen LogP contribution < -0.4 is 5.56 Å². The third kappa shape index (κ3) is 3.41. The van der Waals surface area contributed by atoms with E-state index in [1.54, 1.807) is 0 Å². The first-order valence-corrected chi connectivity index (χ1v) is 8.55. The van der Waals surface area contributed by atoms with Gasteiger partial charge in [0.15, 0.2) is 17.4 Å². The lowest BCUT2D eigenvalue weighted by Crippen LogP contribution is -2.33. The van der Waals surface area contributed by atoms with Crippen LogP contribution >= 0.6 is 7.82 Å². The molecule has 136 valence electrons. The lowest BCUT2D eigenvalue weighted by molar-refractivity contribution is -0.0504. The first kappa shape index (κ1) is 17.9. The second-order valence-electron chi connectivity index (χ2n) is 5.31. The Balaban J connectivity index is 1.93. The highest BCUT2D eigenvalue weighted by Gasteiger charge is 2.45. The molecule has 0 aliphatic carbocycles. The summed E-state index contributed by atoms with van der Waals surface area (Å²) >= 11 is 0. The van der Waals surface area contributed by atoms with Gasteiger partial charge in [0.05, 0.1) is 12.9 Å². The summed E-state index contributed by atoms with van der Waals surface area (Å²) in [5.41, 5.74) is -0.440. The number of nitrogens with zero attached hydrogens (tertiary/aromatic N) is 3. The summed E-state index contributed by atoms with van der Waals surface area (Å²) in [5, 5.41) is 20.2. The predicted octanol–water partition coefficient (Wildman–Crippen LogP) is -1.51. The van der Waals surface area contributed by atoms with Crippen molar-refractivity contribution in [3.63, 3.8) is 0 Å². The van der Waals surface area contributed by atoms with Gasteiger partial charge in [0.25, 0.3) is 5.56 Å². The van der Waals surface area contributed by atoms with Crippen LogP contribution in [0.25, 0.3) is 17.2 Å². The number of nitrogens with one attached hydrogen (secondary N) is 1. The molecule has 12 nitrogen and oxygen atoms in total. The number of H-pyrrole nitrogens is 1. The molecule has 0 aromatic carbocycles. The lowest BCUT2D eigenvalue weighted by Gasteiger charge is -2.16. The normalized spacial score (nSPS) is 27.0. The smallest absolute Gasteiger partial charge is 0.387 e. The van der Waals surface area contributed by atoms with Gasteiger partial charge in [0.1, 0.15) is 24.1 Å². The first-order valence-electron chi connectivity index (χ1n) is 7.02. The average molecular weight is 374 g/mol. The molecule has 1 aliphatic rings. The molecule has 5 N–H and O–H groups in total. The number of imidazole rings is 1. The quantitative estimate of drug-likeness (QED) is 0.386. The summed E-state index contributed by atoms with van der Waals surface area (Å²) in [6.07, 6.45) is -2.81. The number of fused-ring (bicyclic) bond motifs is 1. The molecule has 1 fully saturated rings. The average Bonchev–Trinajstić information content (AvgIpc) is 3.08. The van der Waals surface area contributed by atoms with Crippen molar-refractivity contribution in [2.75, 3.05) is 6.61 Å². The van der Waals surface area contributed by atoms with Crippen LogP contribution in [-0.4, -0.2) is 64.4 Å². The van der Waals surface area contributed by atoms with Crippen LogP contribution in [-0.2, 0) is 13.8 Å². The minimum atomic E-state index is -4.76. The molecule has 3 heterocycles. The Bertz CT molecular complexity index is 904. The number of aliphatic hydroxyl groups is 2. The zero-order valence-electron chi connectivity index (χ0n) is 12.6. The van der Waals surface area contributed by atoms with Crippen molar-refractivity contribution in [1.29, 1.82) is 0 Å². The van der Waals surface area contributed by atoms with E-state index in [0.29, 0.717) is 0 Å². The van der Waals surface area contributed by atoms with Gasteiger partial charge in [-0.3, -0.25) is 13.9 Å². The minimum absolute atomic E-state index is 0.00851. The number of ether oxygens (including phenoxy) is 1. The topological polar surface area (TPSA) is 180 Å². The Morgan fingerprint density at radius 1 is 1.44 bits per heavy atom. The van der Waals surface area contributed by atoms with Gasteiger partial charge in [-0.05, 0) is 6.08 Å². The van der Waals surface area contributed by atoms with E-state index in [-0.39, 0.29) is 17.0 Å². The van der Waals surface area contributed by atoms with E-state index in [1.165, 1.54) is 17.0 Å². The first-order chi connectivity index (χ1) is 11.7. The van der Waals surface area contributed by atoms with Crippen LogP contribution in [0.15, 0.2) is 17.7 Å². The van der Waals surface area contributed by atoms with Crippen LogP contribution in [0.1, 0.15) is 12.1 Å². The van der Waals surface area contributed by atoms with E-state index in [1.807, 2.05) is 0 Å². The molecule has 2 aromatic rings. The third-order valence-electron chi connectivity index (χ3n) is 3.66. The molecule has 1 aliphatic heterocycles. The predicted molar refractivity (Wildman–Crippen MR) is 82.2 cm³/mol. The molecule has 0 bridgehead atoms. The fourth-order valence-corrected chi connectivity index (χ4v) is 2.83. The molecule has 2 aromatic heterocycles. The van der Waals surface area contributed by atoms with Crippen LogP contribution in [0.3, 0.4) is 0 Å². The molecule has 1 saturated heterocycles. The summed E-state index contributed by atoms with van der Waals surface area (Å²) in [6.45, 7) is 2.86. The van der Waals surface area contributed by atoms with Crippen molar-refractivity contribution in [1.82, 2.24) is 19.5 Å². The maximum absolute atomic E-state index is 11.9. The van der Waals surface area contributed by atoms with E-state index in [2.05, 4.69) is 26.1 Å². The van der Waals surface area contributed by atoms with Crippen molar-refractivity contribution in [3.8, 4) is 0 Å². The Kier molecular flexibility index (Phi) is 4.60. The molecule has 0 unspecified atom stereocenters. The van der Waals surface area contributed by atoms with Gasteiger partial charge >= 0.3 is 7.82 Å². The molecule has 0 spiro atoms. The van der Waals surface area contributed by atoms with Gasteiger partial charge < -0.3 is 29.7 Å². The Hall–Kier alpha value is -1.92. The van der Waals surface area contributed by atoms with Crippen LogP contribution in [0.4, 0.5) is 0 Å². The molecule has 3 rings (SSSR count). The Morgan fingerprint density at radius 3 is 2.80 bits per heavy atom. The zero-order chi connectivity index (χ0) is 18.4.